The maximum Gasteiger partial charge on any atom is 0.414 e. The van der Waals surface area contributed by atoms with Gasteiger partial charge in [0.05, 0.1) is 11.6 Å². The van der Waals surface area contributed by atoms with Crippen LogP contribution < -0.4 is 0 Å². The van der Waals surface area contributed by atoms with Gasteiger partial charge in [-0.1, -0.05) is 30.3 Å². The molecule has 4 heteroatoms. The van der Waals surface area contributed by atoms with Gasteiger partial charge in [0.1, 0.15) is 0 Å². The highest BCUT2D eigenvalue weighted by atomic mass is 19.4. The van der Waals surface area contributed by atoms with Gasteiger partial charge in [-0.2, -0.15) is 13.2 Å². The molecule has 0 spiro atoms. The molecular weight excluding hydrogens is 215 g/mol. The van der Waals surface area contributed by atoms with Crippen molar-refractivity contribution in [2.75, 3.05) is 0 Å². The number of rotatable bonds is 2. The SMILES string of the molecule is FC(F)(F)C1=CC=NC1Cc1ccccc1. The normalized spacial score (nSPS) is 19.9. The van der Waals surface area contributed by atoms with E-state index < -0.39 is 17.8 Å². The third-order valence-electron chi connectivity index (χ3n) is 2.48. The summed E-state index contributed by atoms with van der Waals surface area (Å²) in [7, 11) is 0. The lowest BCUT2D eigenvalue weighted by atomic mass is 10.0. The Morgan fingerprint density at radius 3 is 2.44 bits per heavy atom. The van der Waals surface area contributed by atoms with Gasteiger partial charge in [-0.3, -0.25) is 4.99 Å². The van der Waals surface area contributed by atoms with Crippen LogP contribution in [0.1, 0.15) is 5.56 Å². The highest BCUT2D eigenvalue weighted by Gasteiger charge is 2.39. The first-order chi connectivity index (χ1) is 7.57. The summed E-state index contributed by atoms with van der Waals surface area (Å²) in [4.78, 5) is 3.84. The van der Waals surface area contributed by atoms with Crippen LogP contribution in [0.3, 0.4) is 0 Å². The number of hydrogen-bond donors (Lipinski definition) is 0. The van der Waals surface area contributed by atoms with E-state index in [0.717, 1.165) is 11.6 Å². The molecule has 1 nitrogen and oxygen atoms in total. The lowest BCUT2D eigenvalue weighted by Gasteiger charge is -2.15. The van der Waals surface area contributed by atoms with Crippen molar-refractivity contribution >= 4 is 6.21 Å². The van der Waals surface area contributed by atoms with Gasteiger partial charge in [0.25, 0.3) is 0 Å². The molecule has 1 aromatic rings. The minimum atomic E-state index is -4.28. The second-order valence-electron chi connectivity index (χ2n) is 3.62. The van der Waals surface area contributed by atoms with Crippen molar-refractivity contribution in [2.24, 2.45) is 4.99 Å². The quantitative estimate of drug-likeness (QED) is 0.733. The molecule has 16 heavy (non-hydrogen) atoms. The number of aliphatic imine (C=N–C) groups is 1. The van der Waals surface area contributed by atoms with E-state index >= 15 is 0 Å². The fraction of sp³-hybridized carbons (Fsp3) is 0.250. The van der Waals surface area contributed by atoms with Crippen LogP contribution in [0, 0.1) is 0 Å². The van der Waals surface area contributed by atoms with Gasteiger partial charge in [0.15, 0.2) is 0 Å². The third kappa shape index (κ3) is 2.32. The van der Waals surface area contributed by atoms with Crippen LogP contribution in [0.15, 0.2) is 47.0 Å². The Kier molecular flexibility index (Phi) is 2.81. The highest BCUT2D eigenvalue weighted by molar-refractivity contribution is 5.76. The van der Waals surface area contributed by atoms with Crippen LogP contribution >= 0.6 is 0 Å². The second-order valence-corrected chi connectivity index (χ2v) is 3.62. The van der Waals surface area contributed by atoms with Crippen molar-refractivity contribution in [3.8, 4) is 0 Å². The van der Waals surface area contributed by atoms with Gasteiger partial charge < -0.3 is 0 Å². The predicted octanol–water partition coefficient (Wildman–Crippen LogP) is 3.17. The third-order valence-corrected chi connectivity index (χ3v) is 2.48. The minimum absolute atomic E-state index is 0.294. The number of allylic oxidation sites excluding steroid dienone is 1. The van der Waals surface area contributed by atoms with Crippen LogP contribution in [-0.2, 0) is 6.42 Å². The number of hydrogen-bond acceptors (Lipinski definition) is 1. The highest BCUT2D eigenvalue weighted by Crippen LogP contribution is 2.32. The van der Waals surface area contributed by atoms with E-state index in [4.69, 9.17) is 0 Å². The zero-order chi connectivity index (χ0) is 11.6. The summed E-state index contributed by atoms with van der Waals surface area (Å²) < 4.78 is 37.7. The molecule has 0 N–H and O–H groups in total. The molecule has 0 aromatic heterocycles. The molecule has 1 heterocycles. The first kappa shape index (κ1) is 10.9. The topological polar surface area (TPSA) is 12.4 Å². The molecule has 0 amide bonds. The summed E-state index contributed by atoms with van der Waals surface area (Å²) >= 11 is 0. The average Bonchev–Trinajstić information content (AvgIpc) is 2.67. The van der Waals surface area contributed by atoms with Gasteiger partial charge in [-0.25, -0.2) is 0 Å². The molecule has 84 valence electrons. The summed E-state index contributed by atoms with van der Waals surface area (Å²) in [5.41, 5.74) is 0.304. The van der Waals surface area contributed by atoms with Gasteiger partial charge in [0, 0.05) is 6.21 Å². The standard InChI is InChI=1S/C12H10F3N/c13-12(14,15)10-6-7-16-11(10)8-9-4-2-1-3-5-9/h1-7,11H,8H2. The van der Waals surface area contributed by atoms with Gasteiger partial charge >= 0.3 is 6.18 Å². The zero-order valence-corrected chi connectivity index (χ0v) is 8.41. The molecule has 2 rings (SSSR count). The summed E-state index contributed by atoms with van der Waals surface area (Å²) in [6.45, 7) is 0. The largest absolute Gasteiger partial charge is 0.414 e. The van der Waals surface area contributed by atoms with Crippen molar-refractivity contribution in [3.63, 3.8) is 0 Å². The van der Waals surface area contributed by atoms with Crippen molar-refractivity contribution in [1.29, 1.82) is 0 Å². The van der Waals surface area contributed by atoms with Gasteiger partial charge in [0.2, 0.25) is 0 Å². The summed E-state index contributed by atoms with van der Waals surface area (Å²) in [6, 6.07) is 8.28. The second kappa shape index (κ2) is 4.12. The molecule has 0 saturated heterocycles. The fourth-order valence-electron chi connectivity index (χ4n) is 1.70. The molecule has 1 atom stereocenters. The van der Waals surface area contributed by atoms with Crippen LogP contribution in [0.4, 0.5) is 13.2 Å². The Morgan fingerprint density at radius 1 is 1.12 bits per heavy atom. The minimum Gasteiger partial charge on any atom is -0.285 e. The van der Waals surface area contributed by atoms with E-state index in [9.17, 15) is 13.2 Å². The van der Waals surface area contributed by atoms with Crippen LogP contribution in [-0.4, -0.2) is 18.4 Å². The maximum absolute atomic E-state index is 12.6. The fourth-order valence-corrected chi connectivity index (χ4v) is 1.70. The molecule has 0 aliphatic carbocycles. The molecule has 0 saturated carbocycles. The van der Waals surface area contributed by atoms with Crippen LogP contribution in [0.2, 0.25) is 0 Å². The smallest absolute Gasteiger partial charge is 0.285 e. The molecule has 0 fully saturated rings. The van der Waals surface area contributed by atoms with Crippen LogP contribution in [0.25, 0.3) is 0 Å². The summed E-state index contributed by atoms with van der Waals surface area (Å²) in [5.74, 6) is 0. The van der Waals surface area contributed by atoms with Crippen molar-refractivity contribution in [1.82, 2.24) is 0 Å². The Balaban J connectivity index is 2.12. The number of nitrogens with zero attached hydrogens (tertiary/aromatic N) is 1. The molecule has 1 unspecified atom stereocenters. The molecule has 1 aromatic carbocycles. The molecular formula is C12H10F3N. The predicted molar refractivity (Wildman–Crippen MR) is 56.6 cm³/mol. The van der Waals surface area contributed by atoms with Gasteiger partial charge in [-0.15, -0.1) is 0 Å². The van der Waals surface area contributed by atoms with E-state index in [0.29, 0.717) is 6.42 Å². The van der Waals surface area contributed by atoms with E-state index in [1.807, 2.05) is 30.3 Å². The summed E-state index contributed by atoms with van der Waals surface area (Å²) in [6.07, 6.45) is -1.71. The molecule has 0 radical (unpaired) electrons. The van der Waals surface area contributed by atoms with E-state index in [2.05, 4.69) is 4.99 Å². The number of benzene rings is 1. The van der Waals surface area contributed by atoms with E-state index in [-0.39, 0.29) is 0 Å². The Hall–Kier alpha value is -1.58. The lowest BCUT2D eigenvalue weighted by Crippen LogP contribution is -2.22. The molecule has 0 bridgehead atoms. The summed E-state index contributed by atoms with van der Waals surface area (Å²) in [5, 5.41) is 0. The molecule has 1 aliphatic heterocycles. The first-order valence-electron chi connectivity index (χ1n) is 4.92. The Bertz CT molecular complexity index is 418. The number of halogens is 3. The maximum atomic E-state index is 12.6. The molecule has 1 aliphatic rings. The monoisotopic (exact) mass is 225 g/mol. The first-order valence-corrected chi connectivity index (χ1v) is 4.92. The van der Waals surface area contributed by atoms with E-state index in [1.165, 1.54) is 6.21 Å². The average molecular weight is 225 g/mol. The van der Waals surface area contributed by atoms with Crippen molar-refractivity contribution < 1.29 is 13.2 Å². The van der Waals surface area contributed by atoms with E-state index in [1.54, 1.807) is 0 Å². The lowest BCUT2D eigenvalue weighted by molar-refractivity contribution is -0.0948. The zero-order valence-electron chi connectivity index (χ0n) is 8.41. The van der Waals surface area contributed by atoms with Crippen LogP contribution in [0.5, 0.6) is 0 Å². The Morgan fingerprint density at radius 2 is 1.81 bits per heavy atom. The van der Waals surface area contributed by atoms with Crippen molar-refractivity contribution in [3.05, 3.63) is 47.5 Å². The van der Waals surface area contributed by atoms with Gasteiger partial charge in [-0.05, 0) is 18.1 Å². The van der Waals surface area contributed by atoms with Crippen molar-refractivity contribution in [2.45, 2.75) is 18.6 Å². The number of alkyl halides is 3. The Labute approximate surface area is 91.3 Å².